The Labute approximate surface area is 87.3 Å². The molecule has 14 heavy (non-hydrogen) atoms. The third-order valence-electron chi connectivity index (χ3n) is 2.35. The van der Waals surface area contributed by atoms with Crippen LogP contribution in [0.25, 0.3) is 0 Å². The molecule has 0 spiro atoms. The standard InChI is InChI=1S/C12H22O2/c1-3-9-13-11-5-7-12(8-6-11)14-10-4-2/h5,7,11-12H,3-4,6,8-10H2,1-2H3/t11-,12+. The molecule has 0 saturated heterocycles. The van der Waals surface area contributed by atoms with Crippen LogP contribution >= 0.6 is 0 Å². The Hall–Kier alpha value is -0.340. The summed E-state index contributed by atoms with van der Waals surface area (Å²) in [5.41, 5.74) is 0. The van der Waals surface area contributed by atoms with Gasteiger partial charge >= 0.3 is 0 Å². The van der Waals surface area contributed by atoms with Gasteiger partial charge in [0, 0.05) is 13.2 Å². The van der Waals surface area contributed by atoms with E-state index in [9.17, 15) is 0 Å². The normalized spacial score (nSPS) is 26.7. The minimum atomic E-state index is 0.330. The molecule has 2 heteroatoms. The molecule has 0 aromatic rings. The van der Waals surface area contributed by atoms with Gasteiger partial charge in [-0.2, -0.15) is 0 Å². The minimum absolute atomic E-state index is 0.330. The lowest BCUT2D eigenvalue weighted by molar-refractivity contribution is 0.0345. The summed E-state index contributed by atoms with van der Waals surface area (Å²) >= 11 is 0. The molecular formula is C12H22O2. The molecule has 1 rings (SSSR count). The maximum atomic E-state index is 5.64. The van der Waals surface area contributed by atoms with E-state index in [1.54, 1.807) is 0 Å². The molecule has 1 aliphatic carbocycles. The van der Waals surface area contributed by atoms with Gasteiger partial charge in [0.15, 0.2) is 0 Å². The summed E-state index contributed by atoms with van der Waals surface area (Å²) in [6.45, 7) is 6.02. The van der Waals surface area contributed by atoms with Crippen molar-refractivity contribution in [3.8, 4) is 0 Å². The molecule has 1 aliphatic rings. The topological polar surface area (TPSA) is 18.5 Å². The molecule has 2 nitrogen and oxygen atoms in total. The lowest BCUT2D eigenvalue weighted by Gasteiger charge is -2.23. The molecule has 0 aromatic carbocycles. The summed E-state index contributed by atoms with van der Waals surface area (Å²) in [5.74, 6) is 0. The zero-order chi connectivity index (χ0) is 10.2. The monoisotopic (exact) mass is 198 g/mol. The Kier molecular flexibility index (Phi) is 5.88. The van der Waals surface area contributed by atoms with E-state index in [0.29, 0.717) is 12.2 Å². The van der Waals surface area contributed by atoms with Crippen LogP contribution in [0.1, 0.15) is 39.5 Å². The predicted molar refractivity (Wildman–Crippen MR) is 58.4 cm³/mol. The van der Waals surface area contributed by atoms with E-state index < -0.39 is 0 Å². The van der Waals surface area contributed by atoms with Crippen LogP contribution in [0.4, 0.5) is 0 Å². The van der Waals surface area contributed by atoms with Gasteiger partial charge in [-0.15, -0.1) is 0 Å². The van der Waals surface area contributed by atoms with Gasteiger partial charge in [-0.05, 0) is 25.7 Å². The zero-order valence-corrected chi connectivity index (χ0v) is 9.37. The Bertz CT molecular complexity index is 148. The van der Waals surface area contributed by atoms with Crippen molar-refractivity contribution in [1.29, 1.82) is 0 Å². The Morgan fingerprint density at radius 1 is 0.929 bits per heavy atom. The van der Waals surface area contributed by atoms with Gasteiger partial charge in [0.05, 0.1) is 12.2 Å². The first-order chi connectivity index (χ1) is 6.86. The largest absolute Gasteiger partial charge is 0.374 e. The minimum Gasteiger partial charge on any atom is -0.374 e. The van der Waals surface area contributed by atoms with E-state index in [1.165, 1.54) is 0 Å². The lowest BCUT2D eigenvalue weighted by atomic mass is 10.0. The maximum absolute atomic E-state index is 5.64. The number of rotatable bonds is 6. The van der Waals surface area contributed by atoms with E-state index in [2.05, 4.69) is 26.0 Å². The molecule has 0 N–H and O–H groups in total. The molecule has 0 bridgehead atoms. The molecule has 0 unspecified atom stereocenters. The van der Waals surface area contributed by atoms with Crippen molar-refractivity contribution in [1.82, 2.24) is 0 Å². The second kappa shape index (κ2) is 7.02. The molecule has 0 radical (unpaired) electrons. The van der Waals surface area contributed by atoms with E-state index in [-0.39, 0.29) is 0 Å². The average molecular weight is 198 g/mol. The van der Waals surface area contributed by atoms with E-state index in [1.807, 2.05) is 0 Å². The summed E-state index contributed by atoms with van der Waals surface area (Å²) in [4.78, 5) is 0. The van der Waals surface area contributed by atoms with Crippen LogP contribution in [0.15, 0.2) is 12.2 Å². The van der Waals surface area contributed by atoms with Crippen molar-refractivity contribution in [3.05, 3.63) is 12.2 Å². The van der Waals surface area contributed by atoms with Crippen molar-refractivity contribution < 1.29 is 9.47 Å². The smallest absolute Gasteiger partial charge is 0.0757 e. The van der Waals surface area contributed by atoms with Gasteiger partial charge in [0.2, 0.25) is 0 Å². The molecule has 0 saturated carbocycles. The summed E-state index contributed by atoms with van der Waals surface area (Å²) in [6, 6.07) is 0. The fourth-order valence-corrected chi connectivity index (χ4v) is 1.59. The van der Waals surface area contributed by atoms with Crippen LogP contribution in [0, 0.1) is 0 Å². The first-order valence-electron chi connectivity index (χ1n) is 5.78. The molecular weight excluding hydrogens is 176 g/mol. The van der Waals surface area contributed by atoms with Crippen molar-refractivity contribution in [2.75, 3.05) is 13.2 Å². The number of hydrogen-bond acceptors (Lipinski definition) is 2. The summed E-state index contributed by atoms with van der Waals surface area (Å²) in [6.07, 6.45) is 9.36. The van der Waals surface area contributed by atoms with E-state index in [4.69, 9.17) is 9.47 Å². The SMILES string of the molecule is CCCO[C@@H]1C=C[C@H](OCCC)CC1. The fourth-order valence-electron chi connectivity index (χ4n) is 1.59. The second-order valence-electron chi connectivity index (χ2n) is 3.78. The quantitative estimate of drug-likeness (QED) is 0.611. The number of hydrogen-bond donors (Lipinski definition) is 0. The van der Waals surface area contributed by atoms with Crippen molar-refractivity contribution in [2.45, 2.75) is 51.7 Å². The maximum Gasteiger partial charge on any atom is 0.0757 e. The molecule has 0 heterocycles. The van der Waals surface area contributed by atoms with Crippen LogP contribution in [-0.4, -0.2) is 25.4 Å². The molecule has 82 valence electrons. The predicted octanol–water partition coefficient (Wildman–Crippen LogP) is 2.93. The van der Waals surface area contributed by atoms with Crippen molar-refractivity contribution >= 4 is 0 Å². The first kappa shape index (κ1) is 11.7. The van der Waals surface area contributed by atoms with Gasteiger partial charge in [0.25, 0.3) is 0 Å². The molecule has 0 amide bonds. The van der Waals surface area contributed by atoms with Crippen LogP contribution in [0.2, 0.25) is 0 Å². The van der Waals surface area contributed by atoms with Gasteiger partial charge in [0.1, 0.15) is 0 Å². The van der Waals surface area contributed by atoms with Crippen molar-refractivity contribution in [2.24, 2.45) is 0 Å². The highest BCUT2D eigenvalue weighted by molar-refractivity contribution is 5.00. The van der Waals surface area contributed by atoms with Crippen LogP contribution in [0.3, 0.4) is 0 Å². The fraction of sp³-hybridized carbons (Fsp3) is 0.833. The van der Waals surface area contributed by atoms with Crippen LogP contribution < -0.4 is 0 Å². The Balaban J connectivity index is 2.18. The van der Waals surface area contributed by atoms with Crippen LogP contribution in [-0.2, 0) is 9.47 Å². The summed E-state index contributed by atoms with van der Waals surface area (Å²) in [7, 11) is 0. The van der Waals surface area contributed by atoms with Crippen molar-refractivity contribution in [3.63, 3.8) is 0 Å². The van der Waals surface area contributed by atoms with Gasteiger partial charge < -0.3 is 9.47 Å². The zero-order valence-electron chi connectivity index (χ0n) is 9.37. The molecule has 0 fully saturated rings. The molecule has 0 aliphatic heterocycles. The average Bonchev–Trinajstić information content (AvgIpc) is 2.25. The summed E-state index contributed by atoms with van der Waals surface area (Å²) < 4.78 is 11.3. The highest BCUT2D eigenvalue weighted by Gasteiger charge is 2.15. The Morgan fingerprint density at radius 3 is 1.64 bits per heavy atom. The molecule has 0 aromatic heterocycles. The highest BCUT2D eigenvalue weighted by Crippen LogP contribution is 2.17. The Morgan fingerprint density at radius 2 is 1.36 bits per heavy atom. The third kappa shape index (κ3) is 4.25. The number of ether oxygens (including phenoxy) is 2. The van der Waals surface area contributed by atoms with E-state index in [0.717, 1.165) is 38.9 Å². The first-order valence-corrected chi connectivity index (χ1v) is 5.78. The van der Waals surface area contributed by atoms with Gasteiger partial charge in [-0.1, -0.05) is 26.0 Å². The summed E-state index contributed by atoms with van der Waals surface area (Å²) in [5, 5.41) is 0. The molecule has 2 atom stereocenters. The van der Waals surface area contributed by atoms with Gasteiger partial charge in [-0.3, -0.25) is 0 Å². The third-order valence-corrected chi connectivity index (χ3v) is 2.35. The van der Waals surface area contributed by atoms with Gasteiger partial charge in [-0.25, -0.2) is 0 Å². The van der Waals surface area contributed by atoms with E-state index >= 15 is 0 Å². The van der Waals surface area contributed by atoms with Crippen LogP contribution in [0.5, 0.6) is 0 Å². The second-order valence-corrected chi connectivity index (χ2v) is 3.78. The lowest BCUT2D eigenvalue weighted by Crippen LogP contribution is -2.22. The highest BCUT2D eigenvalue weighted by atomic mass is 16.5.